The summed E-state index contributed by atoms with van der Waals surface area (Å²) in [6, 6.07) is 80.7. The number of furan rings is 1. The van der Waals surface area contributed by atoms with Crippen molar-refractivity contribution >= 4 is 60.5 Å². The molecule has 2 heteroatoms. The first-order valence-electron chi connectivity index (χ1n) is 19.8. The fourth-order valence-electron chi connectivity index (χ4n) is 8.65. The molecule has 0 N–H and O–H groups in total. The van der Waals surface area contributed by atoms with Gasteiger partial charge >= 0.3 is 0 Å². The Morgan fingerprint density at radius 1 is 0.293 bits per heavy atom. The Hall–Kier alpha value is -7.68. The van der Waals surface area contributed by atoms with Crippen molar-refractivity contribution in [2.45, 2.75) is 0 Å². The van der Waals surface area contributed by atoms with Crippen LogP contribution in [0.4, 0.5) is 17.1 Å². The number of para-hydroxylation sites is 1. The van der Waals surface area contributed by atoms with E-state index >= 15 is 0 Å². The Morgan fingerprint density at radius 3 is 1.69 bits per heavy atom. The number of hydrogen-bond acceptors (Lipinski definition) is 2. The molecule has 0 unspecified atom stereocenters. The molecule has 0 radical (unpaired) electrons. The van der Waals surface area contributed by atoms with Crippen molar-refractivity contribution in [3.8, 4) is 44.5 Å². The Morgan fingerprint density at radius 2 is 0.897 bits per heavy atom. The number of rotatable bonds is 7. The molecular formula is C56H37NO. The average Bonchev–Trinajstić information content (AvgIpc) is 3.69. The van der Waals surface area contributed by atoms with Crippen molar-refractivity contribution in [2.24, 2.45) is 0 Å². The fourth-order valence-corrected chi connectivity index (χ4v) is 8.65. The average molecular weight is 740 g/mol. The largest absolute Gasteiger partial charge is 0.455 e. The van der Waals surface area contributed by atoms with Gasteiger partial charge in [-0.15, -0.1) is 0 Å². The quantitative estimate of drug-likeness (QED) is 0.162. The van der Waals surface area contributed by atoms with Crippen LogP contribution in [0.25, 0.3) is 88.0 Å². The fraction of sp³-hybridized carbons (Fsp3) is 0. The van der Waals surface area contributed by atoms with Gasteiger partial charge in [-0.05, 0) is 98.2 Å². The normalized spacial score (nSPS) is 11.4. The lowest BCUT2D eigenvalue weighted by atomic mass is 9.91. The lowest BCUT2D eigenvalue weighted by Crippen LogP contribution is -2.11. The van der Waals surface area contributed by atoms with Gasteiger partial charge in [0, 0.05) is 32.8 Å². The highest BCUT2D eigenvalue weighted by atomic mass is 16.3. The van der Waals surface area contributed by atoms with Gasteiger partial charge in [0.25, 0.3) is 0 Å². The highest BCUT2D eigenvalue weighted by molar-refractivity contribution is 6.16. The molecule has 0 aliphatic heterocycles. The van der Waals surface area contributed by atoms with E-state index in [-0.39, 0.29) is 0 Å². The summed E-state index contributed by atoms with van der Waals surface area (Å²) >= 11 is 0. The topological polar surface area (TPSA) is 16.4 Å². The molecule has 0 bridgehead atoms. The Labute approximate surface area is 337 Å². The van der Waals surface area contributed by atoms with Crippen LogP contribution >= 0.6 is 0 Å². The Kier molecular flexibility index (Phi) is 8.19. The number of benzene rings is 10. The van der Waals surface area contributed by atoms with E-state index in [2.05, 4.69) is 229 Å². The van der Waals surface area contributed by atoms with E-state index in [9.17, 15) is 0 Å². The van der Waals surface area contributed by atoms with E-state index in [0.29, 0.717) is 0 Å². The van der Waals surface area contributed by atoms with Crippen LogP contribution in [0.1, 0.15) is 0 Å². The molecule has 0 spiro atoms. The van der Waals surface area contributed by atoms with Crippen molar-refractivity contribution in [3.63, 3.8) is 0 Å². The van der Waals surface area contributed by atoms with Gasteiger partial charge in [0.2, 0.25) is 0 Å². The molecule has 0 saturated heterocycles. The monoisotopic (exact) mass is 739 g/mol. The summed E-state index contributed by atoms with van der Waals surface area (Å²) in [7, 11) is 0. The number of fused-ring (bicyclic) bond motifs is 6. The lowest BCUT2D eigenvalue weighted by molar-refractivity contribution is 0.672. The second-order valence-electron chi connectivity index (χ2n) is 14.9. The van der Waals surface area contributed by atoms with Crippen molar-refractivity contribution < 1.29 is 4.42 Å². The molecule has 0 amide bonds. The van der Waals surface area contributed by atoms with Crippen LogP contribution in [-0.4, -0.2) is 0 Å². The van der Waals surface area contributed by atoms with Gasteiger partial charge < -0.3 is 9.32 Å². The Bertz CT molecular complexity index is 3270. The first-order valence-corrected chi connectivity index (χ1v) is 19.8. The molecule has 1 aromatic heterocycles. The second kappa shape index (κ2) is 14.1. The smallest absolute Gasteiger partial charge is 0.143 e. The molecule has 11 rings (SSSR count). The predicted molar refractivity (Wildman–Crippen MR) is 245 cm³/mol. The van der Waals surface area contributed by atoms with Crippen molar-refractivity contribution in [1.82, 2.24) is 0 Å². The maximum atomic E-state index is 6.52. The molecule has 0 aliphatic carbocycles. The van der Waals surface area contributed by atoms with E-state index < -0.39 is 0 Å². The Balaban J connectivity index is 1.05. The minimum atomic E-state index is 0.890. The summed E-state index contributed by atoms with van der Waals surface area (Å²) in [6.07, 6.45) is 0. The van der Waals surface area contributed by atoms with Crippen LogP contribution < -0.4 is 4.90 Å². The van der Waals surface area contributed by atoms with Crippen LogP contribution in [0.3, 0.4) is 0 Å². The van der Waals surface area contributed by atoms with E-state index in [1.165, 1.54) is 44.0 Å². The maximum Gasteiger partial charge on any atom is 0.143 e. The number of anilines is 3. The maximum absolute atomic E-state index is 6.52. The highest BCUT2D eigenvalue weighted by Crippen LogP contribution is 2.45. The third-order valence-corrected chi connectivity index (χ3v) is 11.5. The van der Waals surface area contributed by atoms with Gasteiger partial charge in [-0.1, -0.05) is 176 Å². The minimum absolute atomic E-state index is 0.890. The van der Waals surface area contributed by atoms with Gasteiger partial charge in [0.15, 0.2) is 0 Å². The zero-order valence-corrected chi connectivity index (χ0v) is 31.7. The summed E-state index contributed by atoms with van der Waals surface area (Å²) in [6.45, 7) is 0. The van der Waals surface area contributed by atoms with E-state index in [4.69, 9.17) is 4.42 Å². The standard InChI is InChI=1S/C56H37NO/c1-3-14-39(15-4-1)46-33-29-43(36-51(46)41-16-5-2-6-17-41)38-26-31-45(32-27-38)57(54-25-13-20-40-18-7-9-21-47(40)54)53-24-12-11-22-48(53)44-30-35-55-52(37-44)50-34-28-42-19-8-10-23-49(42)56(50)58-55/h1-37H. The van der Waals surface area contributed by atoms with Crippen LogP contribution in [0.15, 0.2) is 229 Å². The first kappa shape index (κ1) is 33.6. The third kappa shape index (κ3) is 5.82. The zero-order valence-electron chi connectivity index (χ0n) is 31.7. The van der Waals surface area contributed by atoms with E-state index in [1.807, 2.05) is 0 Å². The summed E-state index contributed by atoms with van der Waals surface area (Å²) in [5.41, 5.74) is 14.6. The second-order valence-corrected chi connectivity index (χ2v) is 14.9. The van der Waals surface area contributed by atoms with E-state index in [1.54, 1.807) is 0 Å². The van der Waals surface area contributed by atoms with Gasteiger partial charge in [0.05, 0.1) is 11.4 Å². The van der Waals surface area contributed by atoms with Gasteiger partial charge in [-0.3, -0.25) is 0 Å². The molecule has 11 aromatic rings. The highest BCUT2D eigenvalue weighted by Gasteiger charge is 2.21. The molecule has 1 heterocycles. The van der Waals surface area contributed by atoms with Gasteiger partial charge in [-0.25, -0.2) is 0 Å². The van der Waals surface area contributed by atoms with Crippen LogP contribution in [0, 0.1) is 0 Å². The molecule has 0 saturated carbocycles. The zero-order chi connectivity index (χ0) is 38.4. The molecule has 0 aliphatic rings. The number of nitrogens with zero attached hydrogens (tertiary/aromatic N) is 1. The molecular weight excluding hydrogens is 703 g/mol. The van der Waals surface area contributed by atoms with Crippen molar-refractivity contribution in [3.05, 3.63) is 224 Å². The van der Waals surface area contributed by atoms with Crippen molar-refractivity contribution in [1.29, 1.82) is 0 Å². The van der Waals surface area contributed by atoms with Crippen LogP contribution in [-0.2, 0) is 0 Å². The number of hydrogen-bond donors (Lipinski definition) is 0. The third-order valence-electron chi connectivity index (χ3n) is 11.5. The molecule has 272 valence electrons. The molecule has 0 fully saturated rings. The first-order chi connectivity index (χ1) is 28.8. The molecule has 58 heavy (non-hydrogen) atoms. The van der Waals surface area contributed by atoms with Gasteiger partial charge in [0.1, 0.15) is 11.2 Å². The SMILES string of the molecule is c1ccc(-c2ccc(-c3ccc(N(c4ccccc4-c4ccc5oc6c7ccccc7ccc6c5c4)c4cccc5ccccc45)cc3)cc2-c2ccccc2)cc1. The van der Waals surface area contributed by atoms with Crippen LogP contribution in [0.2, 0.25) is 0 Å². The van der Waals surface area contributed by atoms with E-state index in [0.717, 1.165) is 61.1 Å². The molecule has 0 atom stereocenters. The predicted octanol–water partition coefficient (Wildman–Crippen LogP) is 16.0. The summed E-state index contributed by atoms with van der Waals surface area (Å²) in [5, 5.41) is 6.94. The lowest BCUT2D eigenvalue weighted by Gasteiger charge is -2.29. The molecule has 10 aromatic carbocycles. The summed E-state index contributed by atoms with van der Waals surface area (Å²) < 4.78 is 6.52. The van der Waals surface area contributed by atoms with Gasteiger partial charge in [-0.2, -0.15) is 0 Å². The summed E-state index contributed by atoms with van der Waals surface area (Å²) in [5.74, 6) is 0. The summed E-state index contributed by atoms with van der Waals surface area (Å²) in [4.78, 5) is 2.42. The van der Waals surface area contributed by atoms with Crippen LogP contribution in [0.5, 0.6) is 0 Å². The minimum Gasteiger partial charge on any atom is -0.455 e. The molecule has 2 nitrogen and oxygen atoms in total. The van der Waals surface area contributed by atoms with Crippen molar-refractivity contribution in [2.75, 3.05) is 4.90 Å².